The second-order valence-electron chi connectivity index (χ2n) is 11.2. The Balaban J connectivity index is 1.20. The van der Waals surface area contributed by atoms with Gasteiger partial charge in [0, 0.05) is 54.0 Å². The Kier molecular flexibility index (Phi) is 4.27. The molecule has 1 aromatic rings. The zero-order valence-electron chi connectivity index (χ0n) is 19.0. The predicted molar refractivity (Wildman–Crippen MR) is 125 cm³/mol. The zero-order valence-corrected chi connectivity index (χ0v) is 19.0. The Morgan fingerprint density at radius 2 is 1.83 bits per heavy atom. The Labute approximate surface area is 180 Å². The molecule has 30 heavy (non-hydrogen) atoms. The van der Waals surface area contributed by atoms with E-state index in [9.17, 15) is 0 Å². The molecule has 0 radical (unpaired) electrons. The summed E-state index contributed by atoms with van der Waals surface area (Å²) in [4.78, 5) is 9.36. The van der Waals surface area contributed by atoms with Gasteiger partial charge in [0.05, 0.1) is 6.34 Å². The maximum atomic E-state index is 8.33. The fourth-order valence-electron chi connectivity index (χ4n) is 6.38. The van der Waals surface area contributed by atoms with Crippen molar-refractivity contribution in [2.24, 2.45) is 28.2 Å². The molecule has 0 amide bonds. The summed E-state index contributed by atoms with van der Waals surface area (Å²) in [7, 11) is 0. The molecule has 3 aliphatic carbocycles. The molecule has 3 saturated carbocycles. The topological polar surface area (TPSA) is 66.8 Å². The standard InChI is InChI=1S/C24H36N6/c1-16-20-10-24(16,17(20)2)30(22(3,4)5)15-27-21(25)28-18-6-8-19(9-7-18)29-13-23(14-29)11-26-12-23/h6-9,15-17,20,26H,10-14H2,1-5H3,(H2,25,28)/b27-15+/t16-,17-,20?,24?/m1/s1. The Bertz CT molecular complexity index is 845. The molecule has 6 heteroatoms. The van der Waals surface area contributed by atoms with Crippen LogP contribution in [0.1, 0.15) is 41.0 Å². The lowest BCUT2D eigenvalue weighted by molar-refractivity contribution is -0.250. The molecular weight excluding hydrogens is 372 g/mol. The summed E-state index contributed by atoms with van der Waals surface area (Å²) in [5.74, 6) is 2.47. The third-order valence-electron chi connectivity index (χ3n) is 8.45. The maximum absolute atomic E-state index is 8.33. The second kappa shape index (κ2) is 6.46. The minimum Gasteiger partial charge on any atom is -0.370 e. The van der Waals surface area contributed by atoms with E-state index in [-0.39, 0.29) is 17.0 Å². The molecule has 2 bridgehead atoms. The Morgan fingerprint density at radius 3 is 2.30 bits per heavy atom. The number of nitrogens with zero attached hydrogens (tertiary/aromatic N) is 3. The van der Waals surface area contributed by atoms with Gasteiger partial charge in [-0.05, 0) is 69.2 Å². The molecule has 3 N–H and O–H groups in total. The Morgan fingerprint density at radius 1 is 1.20 bits per heavy atom. The van der Waals surface area contributed by atoms with Gasteiger partial charge < -0.3 is 20.4 Å². The quantitative estimate of drug-likeness (QED) is 0.526. The van der Waals surface area contributed by atoms with Crippen LogP contribution in [0.5, 0.6) is 0 Å². The average molecular weight is 409 g/mol. The maximum Gasteiger partial charge on any atom is 0.221 e. The van der Waals surface area contributed by atoms with E-state index >= 15 is 0 Å². The highest BCUT2D eigenvalue weighted by Crippen LogP contribution is 2.69. The molecule has 6 nitrogen and oxygen atoms in total. The van der Waals surface area contributed by atoms with Crippen molar-refractivity contribution in [3.05, 3.63) is 24.3 Å². The van der Waals surface area contributed by atoms with Crippen LogP contribution < -0.4 is 15.5 Å². The van der Waals surface area contributed by atoms with E-state index < -0.39 is 0 Å². The van der Waals surface area contributed by atoms with Crippen molar-refractivity contribution in [1.29, 1.82) is 5.41 Å². The van der Waals surface area contributed by atoms with Crippen molar-refractivity contribution in [3.8, 4) is 0 Å². The lowest BCUT2D eigenvalue weighted by atomic mass is 9.36. The number of benzene rings is 1. The number of hydrogen-bond acceptors (Lipinski definition) is 3. The van der Waals surface area contributed by atoms with E-state index in [1.807, 2.05) is 6.34 Å². The average Bonchev–Trinajstić information content (AvgIpc) is 2.61. The highest BCUT2D eigenvalue weighted by atomic mass is 15.3. The van der Waals surface area contributed by atoms with Crippen molar-refractivity contribution in [1.82, 2.24) is 10.2 Å². The number of hydrogen-bond donors (Lipinski definition) is 3. The molecule has 2 atom stereocenters. The van der Waals surface area contributed by atoms with Gasteiger partial charge in [0.1, 0.15) is 0 Å². The lowest BCUT2D eigenvalue weighted by Crippen LogP contribution is -2.82. The van der Waals surface area contributed by atoms with E-state index in [1.165, 1.54) is 12.1 Å². The van der Waals surface area contributed by atoms with Crippen LogP contribution in [0.3, 0.4) is 0 Å². The molecule has 6 rings (SSSR count). The summed E-state index contributed by atoms with van der Waals surface area (Å²) in [6.45, 7) is 16.1. The van der Waals surface area contributed by atoms with E-state index in [2.05, 4.69) is 84.3 Å². The minimum absolute atomic E-state index is 0.0100. The SMILES string of the molecule is C[C@@H]1C2CC1(N(/C=N/C(=N)Nc1ccc(N3CC4(CNC4)C3)cc1)C(C)(C)C)[C@@H]2C. The van der Waals surface area contributed by atoms with Crippen molar-refractivity contribution < 1.29 is 0 Å². The van der Waals surface area contributed by atoms with E-state index in [0.717, 1.165) is 37.8 Å². The molecule has 1 aromatic carbocycles. The molecule has 5 aliphatic rings. The molecule has 0 unspecified atom stereocenters. The predicted octanol–water partition coefficient (Wildman–Crippen LogP) is 3.62. The normalized spacial score (nSPS) is 33.4. The van der Waals surface area contributed by atoms with Crippen molar-refractivity contribution >= 4 is 23.7 Å². The van der Waals surface area contributed by atoms with Crippen LogP contribution in [0.15, 0.2) is 29.3 Å². The van der Waals surface area contributed by atoms with Crippen LogP contribution in [0.4, 0.5) is 11.4 Å². The summed E-state index contributed by atoms with van der Waals surface area (Å²) >= 11 is 0. The van der Waals surface area contributed by atoms with Crippen LogP contribution in [0, 0.1) is 28.6 Å². The number of guanidine groups is 1. The molecule has 2 saturated heterocycles. The third-order valence-corrected chi connectivity index (χ3v) is 8.45. The molecule has 162 valence electrons. The summed E-state index contributed by atoms with van der Waals surface area (Å²) in [5.41, 5.74) is 2.92. The van der Waals surface area contributed by atoms with Gasteiger partial charge >= 0.3 is 0 Å². The first-order chi connectivity index (χ1) is 14.1. The van der Waals surface area contributed by atoms with Gasteiger partial charge in [-0.15, -0.1) is 0 Å². The van der Waals surface area contributed by atoms with Crippen molar-refractivity contribution in [2.45, 2.75) is 52.1 Å². The molecule has 2 aliphatic heterocycles. The summed E-state index contributed by atoms with van der Waals surface area (Å²) in [5, 5.41) is 14.9. The van der Waals surface area contributed by atoms with Gasteiger partial charge in [-0.3, -0.25) is 5.41 Å². The summed E-state index contributed by atoms with van der Waals surface area (Å²) in [6.07, 6.45) is 3.17. The van der Waals surface area contributed by atoms with Crippen molar-refractivity contribution in [3.63, 3.8) is 0 Å². The zero-order chi connectivity index (χ0) is 21.3. The molecule has 5 fully saturated rings. The molecule has 1 spiro atoms. The highest BCUT2D eigenvalue weighted by molar-refractivity contribution is 5.96. The fraction of sp³-hybridized carbons (Fsp3) is 0.667. The first-order valence-electron chi connectivity index (χ1n) is 11.4. The number of aliphatic imine (C=N–C) groups is 1. The monoisotopic (exact) mass is 408 g/mol. The van der Waals surface area contributed by atoms with Gasteiger partial charge in [0.25, 0.3) is 0 Å². The molecular formula is C24H36N6. The highest BCUT2D eigenvalue weighted by Gasteiger charge is 2.72. The van der Waals surface area contributed by atoms with Crippen LogP contribution in [-0.2, 0) is 0 Å². The fourth-order valence-corrected chi connectivity index (χ4v) is 6.38. The molecule has 0 aromatic heterocycles. The third kappa shape index (κ3) is 2.79. The van der Waals surface area contributed by atoms with Crippen molar-refractivity contribution in [2.75, 3.05) is 36.4 Å². The second-order valence-corrected chi connectivity index (χ2v) is 11.2. The van der Waals surface area contributed by atoms with Gasteiger partial charge in [-0.25, -0.2) is 4.99 Å². The number of nitrogens with one attached hydrogen (secondary N) is 3. The van der Waals surface area contributed by atoms with Crippen LogP contribution >= 0.6 is 0 Å². The van der Waals surface area contributed by atoms with E-state index in [0.29, 0.717) is 17.3 Å². The lowest BCUT2D eigenvalue weighted by Gasteiger charge is -2.77. The van der Waals surface area contributed by atoms with E-state index in [4.69, 9.17) is 5.41 Å². The smallest absolute Gasteiger partial charge is 0.221 e. The van der Waals surface area contributed by atoms with Crippen LogP contribution in [0.25, 0.3) is 0 Å². The Hall–Kier alpha value is -2.08. The molecule has 2 heterocycles. The number of anilines is 2. The van der Waals surface area contributed by atoms with E-state index in [1.54, 1.807) is 0 Å². The van der Waals surface area contributed by atoms with Gasteiger partial charge in [-0.2, -0.15) is 0 Å². The van der Waals surface area contributed by atoms with Crippen LogP contribution in [0.2, 0.25) is 0 Å². The first-order valence-corrected chi connectivity index (χ1v) is 11.4. The van der Waals surface area contributed by atoms with Gasteiger partial charge in [-0.1, -0.05) is 13.8 Å². The summed E-state index contributed by atoms with van der Waals surface area (Å²) < 4.78 is 0. The summed E-state index contributed by atoms with van der Waals surface area (Å²) in [6, 6.07) is 8.39. The van der Waals surface area contributed by atoms with Gasteiger partial charge in [0.2, 0.25) is 5.96 Å². The first kappa shape index (κ1) is 19.9. The number of rotatable bonds is 4. The van der Waals surface area contributed by atoms with Gasteiger partial charge in [0.15, 0.2) is 0 Å². The largest absolute Gasteiger partial charge is 0.370 e. The van der Waals surface area contributed by atoms with Crippen LogP contribution in [-0.4, -0.2) is 54.5 Å². The minimum atomic E-state index is -0.0100.